The number of benzene rings is 1. The van der Waals surface area contributed by atoms with Gasteiger partial charge in [-0.3, -0.25) is 13.9 Å². The van der Waals surface area contributed by atoms with E-state index in [1.807, 2.05) is 11.9 Å². The van der Waals surface area contributed by atoms with E-state index in [9.17, 15) is 35.9 Å². The van der Waals surface area contributed by atoms with Crippen LogP contribution in [0.1, 0.15) is 49.3 Å². The third-order valence-corrected chi connectivity index (χ3v) is 5.59. The molecule has 3 aromatic heterocycles. The number of hydrogen-bond acceptors (Lipinski definition) is 6. The molecule has 0 radical (unpaired) electrons. The van der Waals surface area contributed by atoms with Gasteiger partial charge in [-0.2, -0.15) is 18.2 Å². The Balaban J connectivity index is 1.54. The van der Waals surface area contributed by atoms with Crippen molar-refractivity contribution in [2.24, 2.45) is 0 Å². The first-order valence-electron chi connectivity index (χ1n) is 11.2. The number of halogens is 6. The zero-order valence-corrected chi connectivity index (χ0v) is 19.3. The van der Waals surface area contributed by atoms with E-state index in [0.29, 0.717) is 25.0 Å². The molecule has 0 bridgehead atoms. The molecule has 4 aromatic rings. The molecule has 37 heavy (non-hydrogen) atoms. The number of fused-ring (bicyclic) bond motifs is 1. The second-order valence-electron chi connectivity index (χ2n) is 8.26. The van der Waals surface area contributed by atoms with E-state index in [1.165, 1.54) is 0 Å². The Morgan fingerprint density at radius 1 is 1.00 bits per heavy atom. The third-order valence-electron chi connectivity index (χ3n) is 5.59. The fourth-order valence-electron chi connectivity index (χ4n) is 3.77. The highest BCUT2D eigenvalue weighted by molar-refractivity contribution is 5.70. The molecule has 0 aliphatic heterocycles. The molecule has 0 spiro atoms. The largest absolute Gasteiger partial charge is 0.449 e. The molecule has 0 fully saturated rings. The number of imidazole rings is 1. The topological polar surface area (TPSA) is 112 Å². The van der Waals surface area contributed by atoms with Crippen molar-refractivity contribution in [1.29, 1.82) is 0 Å². The van der Waals surface area contributed by atoms with Crippen LogP contribution in [0.25, 0.3) is 11.2 Å². The molecule has 0 aliphatic carbocycles. The normalized spacial score (nSPS) is 12.1. The maximum atomic E-state index is 13.9. The molecule has 3 heterocycles. The van der Waals surface area contributed by atoms with Crippen molar-refractivity contribution < 1.29 is 30.9 Å². The van der Waals surface area contributed by atoms with Crippen molar-refractivity contribution >= 4 is 11.2 Å². The average molecular weight is 530 g/mol. The minimum absolute atomic E-state index is 0.0410. The predicted molar refractivity (Wildman–Crippen MR) is 116 cm³/mol. The lowest BCUT2D eigenvalue weighted by molar-refractivity contribution is -0.144. The van der Waals surface area contributed by atoms with Gasteiger partial charge in [-0.25, -0.2) is 22.9 Å². The smallest absolute Gasteiger partial charge is 0.339 e. The summed E-state index contributed by atoms with van der Waals surface area (Å²) in [5, 5.41) is 3.62. The minimum atomic E-state index is -4.84. The van der Waals surface area contributed by atoms with E-state index < -0.39 is 58.2 Å². The van der Waals surface area contributed by atoms with E-state index in [1.54, 1.807) is 0 Å². The number of alkyl halides is 3. The maximum absolute atomic E-state index is 13.9. The summed E-state index contributed by atoms with van der Waals surface area (Å²) in [5.41, 5.74) is -3.01. The van der Waals surface area contributed by atoms with Gasteiger partial charge in [0.15, 0.2) is 11.5 Å². The van der Waals surface area contributed by atoms with Crippen molar-refractivity contribution in [2.75, 3.05) is 0 Å². The first-order valence-corrected chi connectivity index (χ1v) is 11.2. The summed E-state index contributed by atoms with van der Waals surface area (Å²) in [6, 6.07) is 1.05. The Bertz CT molecular complexity index is 1530. The van der Waals surface area contributed by atoms with Crippen LogP contribution in [0, 0.1) is 17.5 Å². The Morgan fingerprint density at radius 2 is 1.68 bits per heavy atom. The van der Waals surface area contributed by atoms with Gasteiger partial charge in [0.2, 0.25) is 11.7 Å². The van der Waals surface area contributed by atoms with Crippen LogP contribution in [0.15, 0.2) is 26.2 Å². The summed E-state index contributed by atoms with van der Waals surface area (Å²) in [6.45, 7) is 1.72. The van der Waals surface area contributed by atoms with E-state index in [4.69, 9.17) is 4.52 Å². The summed E-state index contributed by atoms with van der Waals surface area (Å²) in [4.78, 5) is 35.2. The highest BCUT2D eigenvalue weighted by Crippen LogP contribution is 2.27. The van der Waals surface area contributed by atoms with E-state index in [2.05, 4.69) is 15.1 Å². The molecule has 0 aliphatic rings. The quantitative estimate of drug-likeness (QED) is 0.330. The predicted octanol–water partition coefficient (Wildman–Crippen LogP) is 3.73. The summed E-state index contributed by atoms with van der Waals surface area (Å²) in [6.07, 6.45) is -3.96. The Morgan fingerprint density at radius 3 is 2.32 bits per heavy atom. The Labute approximate surface area is 203 Å². The van der Waals surface area contributed by atoms with Crippen LogP contribution in [0.3, 0.4) is 0 Å². The van der Waals surface area contributed by atoms with E-state index in [-0.39, 0.29) is 43.3 Å². The molecule has 0 amide bonds. The summed E-state index contributed by atoms with van der Waals surface area (Å²) >= 11 is 0. The first kappa shape index (κ1) is 26.2. The number of aromatic nitrogens is 6. The lowest BCUT2D eigenvalue weighted by atomic mass is 10.1. The SMILES string of the molecule is CCCCn1c(=O)n(CCCc2nc(Cc3c(F)cc(F)cc3F)no2)c(=O)c2[nH]c(C(F)(F)F)nc21. The van der Waals surface area contributed by atoms with Crippen LogP contribution in [0.2, 0.25) is 0 Å². The highest BCUT2D eigenvalue weighted by atomic mass is 19.4. The van der Waals surface area contributed by atoms with Crippen LogP contribution in [0.5, 0.6) is 0 Å². The zero-order chi connectivity index (χ0) is 26.9. The van der Waals surface area contributed by atoms with Crippen molar-refractivity contribution in [3.63, 3.8) is 0 Å². The minimum Gasteiger partial charge on any atom is -0.339 e. The van der Waals surface area contributed by atoms with Gasteiger partial charge in [-0.15, -0.1) is 0 Å². The number of nitrogens with one attached hydrogen (secondary N) is 1. The number of rotatable bonds is 9. The number of H-pyrrole nitrogens is 1. The lowest BCUT2D eigenvalue weighted by Gasteiger charge is -2.10. The molecule has 4 rings (SSSR count). The Hall–Kier alpha value is -3.91. The van der Waals surface area contributed by atoms with Gasteiger partial charge in [0.25, 0.3) is 5.56 Å². The molecule has 0 saturated carbocycles. The zero-order valence-electron chi connectivity index (χ0n) is 19.3. The number of unbranched alkanes of at least 4 members (excludes halogenated alkanes) is 1. The lowest BCUT2D eigenvalue weighted by Crippen LogP contribution is -2.40. The van der Waals surface area contributed by atoms with Crippen LogP contribution < -0.4 is 11.2 Å². The molecule has 9 nitrogen and oxygen atoms in total. The summed E-state index contributed by atoms with van der Waals surface area (Å²) < 4.78 is 87.2. The molecular formula is C22H20F6N6O3. The molecule has 0 unspecified atom stereocenters. The van der Waals surface area contributed by atoms with Crippen molar-refractivity contribution in [3.8, 4) is 0 Å². The number of aryl methyl sites for hydroxylation is 2. The third kappa shape index (κ3) is 5.44. The first-order chi connectivity index (χ1) is 17.5. The van der Waals surface area contributed by atoms with Crippen LogP contribution >= 0.6 is 0 Å². The van der Waals surface area contributed by atoms with Gasteiger partial charge in [-0.1, -0.05) is 18.5 Å². The van der Waals surface area contributed by atoms with Crippen molar-refractivity contribution in [1.82, 2.24) is 29.2 Å². The van der Waals surface area contributed by atoms with Crippen LogP contribution in [-0.4, -0.2) is 29.2 Å². The van der Waals surface area contributed by atoms with Gasteiger partial charge in [0.1, 0.15) is 23.0 Å². The number of nitrogens with zero attached hydrogens (tertiary/aromatic N) is 5. The van der Waals surface area contributed by atoms with Gasteiger partial charge in [0, 0.05) is 43.6 Å². The molecule has 0 atom stereocenters. The van der Waals surface area contributed by atoms with Gasteiger partial charge >= 0.3 is 11.9 Å². The molecular weight excluding hydrogens is 510 g/mol. The maximum Gasteiger partial charge on any atom is 0.449 e. The number of hydrogen-bond donors (Lipinski definition) is 1. The molecule has 1 aromatic carbocycles. The second kappa shape index (κ2) is 10.2. The van der Waals surface area contributed by atoms with Gasteiger partial charge in [-0.05, 0) is 12.8 Å². The standard InChI is InChI=1S/C22H20F6N6O3/c1-2-3-6-33-18-17(30-20(31-18)22(26,27)28)19(35)34(21(33)36)7-4-5-16-29-15(32-37-16)10-12-13(24)8-11(23)9-14(12)25/h8-9H,2-7,10H2,1H3,(H,30,31). The second-order valence-corrected chi connectivity index (χ2v) is 8.26. The van der Waals surface area contributed by atoms with E-state index in [0.717, 1.165) is 9.13 Å². The fourth-order valence-corrected chi connectivity index (χ4v) is 3.77. The molecule has 198 valence electrons. The fraction of sp³-hybridized carbons (Fsp3) is 0.409. The number of aromatic amines is 1. The van der Waals surface area contributed by atoms with Gasteiger partial charge in [0.05, 0.1) is 0 Å². The molecule has 15 heteroatoms. The van der Waals surface area contributed by atoms with E-state index >= 15 is 0 Å². The van der Waals surface area contributed by atoms with Gasteiger partial charge < -0.3 is 9.51 Å². The van der Waals surface area contributed by atoms with Crippen LogP contribution in [-0.2, 0) is 32.1 Å². The highest BCUT2D eigenvalue weighted by Gasteiger charge is 2.36. The van der Waals surface area contributed by atoms with Crippen molar-refractivity contribution in [3.05, 3.63) is 73.5 Å². The molecule has 1 N–H and O–H groups in total. The summed E-state index contributed by atoms with van der Waals surface area (Å²) in [5.74, 6) is -4.69. The van der Waals surface area contributed by atoms with Crippen molar-refractivity contribution in [2.45, 2.75) is 58.3 Å². The Kier molecular flexibility index (Phi) is 7.23. The summed E-state index contributed by atoms with van der Waals surface area (Å²) in [7, 11) is 0. The van der Waals surface area contributed by atoms with Crippen LogP contribution in [0.4, 0.5) is 26.3 Å². The molecule has 0 saturated heterocycles. The monoisotopic (exact) mass is 530 g/mol. The average Bonchev–Trinajstić information content (AvgIpc) is 3.46.